The number of nitrogen functional groups attached to an aromatic ring is 1. The smallest absolute Gasteiger partial charge is 0.393 e. The highest BCUT2D eigenvalue weighted by atomic mass is 19.4. The number of benzene rings is 1. The predicted molar refractivity (Wildman–Crippen MR) is 96.5 cm³/mol. The van der Waals surface area contributed by atoms with Gasteiger partial charge in [0.15, 0.2) is 11.6 Å². The molecular weight excluding hydrogens is 375 g/mol. The van der Waals surface area contributed by atoms with E-state index in [0.717, 1.165) is 12.4 Å². The second-order valence-corrected chi connectivity index (χ2v) is 5.45. The van der Waals surface area contributed by atoms with Gasteiger partial charge in [-0.25, -0.2) is 9.97 Å². The Morgan fingerprint density at radius 1 is 0.964 bits per heavy atom. The third kappa shape index (κ3) is 4.26. The molecule has 2 heterocycles. The van der Waals surface area contributed by atoms with Crippen LogP contribution in [0.3, 0.4) is 0 Å². The van der Waals surface area contributed by atoms with Gasteiger partial charge in [-0.3, -0.25) is 20.6 Å². The van der Waals surface area contributed by atoms with Gasteiger partial charge in [-0.2, -0.15) is 13.2 Å². The molecule has 0 fully saturated rings. The van der Waals surface area contributed by atoms with E-state index in [4.69, 9.17) is 5.73 Å². The average molecular weight is 389 g/mol. The number of halogens is 3. The van der Waals surface area contributed by atoms with Gasteiger partial charge in [0, 0.05) is 6.20 Å². The summed E-state index contributed by atoms with van der Waals surface area (Å²) in [4.78, 5) is 23.6. The number of amides is 1. The Kier molecular flexibility index (Phi) is 5.25. The molecule has 28 heavy (non-hydrogen) atoms. The molecule has 1 amide bonds. The molecule has 11 heteroatoms. The molecule has 0 radical (unpaired) electrons. The third-order valence-electron chi connectivity index (χ3n) is 3.56. The van der Waals surface area contributed by atoms with Crippen molar-refractivity contribution in [2.24, 2.45) is 0 Å². The van der Waals surface area contributed by atoms with E-state index in [9.17, 15) is 18.0 Å². The van der Waals surface area contributed by atoms with Crippen molar-refractivity contribution in [1.82, 2.24) is 20.4 Å². The van der Waals surface area contributed by atoms with E-state index in [1.807, 2.05) is 0 Å². The lowest BCUT2D eigenvalue weighted by molar-refractivity contribution is -0.136. The van der Waals surface area contributed by atoms with E-state index < -0.39 is 17.6 Å². The van der Waals surface area contributed by atoms with E-state index in [1.165, 1.54) is 30.5 Å². The Balaban J connectivity index is 1.78. The van der Waals surface area contributed by atoms with E-state index in [-0.39, 0.29) is 28.7 Å². The number of hydrogen-bond donors (Lipinski definition) is 4. The molecule has 0 saturated heterocycles. The molecule has 0 aliphatic heterocycles. The fourth-order valence-corrected chi connectivity index (χ4v) is 2.24. The number of nitrogens with zero attached hydrogens (tertiary/aromatic N) is 3. The standard InChI is InChI=1S/C17H14F3N7O/c18-17(19,20)10-5-1-2-6-11(10)25-14-13(21)15(24-9-23-14)26-27-16(28)12-7-3-4-8-22-12/h1-9H,21H2,(H,27,28)(H2,23,24,25,26). The molecule has 0 bridgehead atoms. The van der Waals surface area contributed by atoms with Crippen LogP contribution in [0.1, 0.15) is 16.1 Å². The van der Waals surface area contributed by atoms with Crippen LogP contribution >= 0.6 is 0 Å². The van der Waals surface area contributed by atoms with Crippen LogP contribution in [0.4, 0.5) is 36.2 Å². The van der Waals surface area contributed by atoms with Gasteiger partial charge in [0.25, 0.3) is 5.91 Å². The van der Waals surface area contributed by atoms with Gasteiger partial charge < -0.3 is 11.1 Å². The Morgan fingerprint density at radius 2 is 1.68 bits per heavy atom. The van der Waals surface area contributed by atoms with Crippen molar-refractivity contribution in [2.45, 2.75) is 6.18 Å². The summed E-state index contributed by atoms with van der Waals surface area (Å²) < 4.78 is 39.4. The van der Waals surface area contributed by atoms with Crippen LogP contribution in [0.15, 0.2) is 55.0 Å². The molecule has 0 atom stereocenters. The minimum Gasteiger partial charge on any atom is -0.393 e. The lowest BCUT2D eigenvalue weighted by Gasteiger charge is -2.16. The summed E-state index contributed by atoms with van der Waals surface area (Å²) in [7, 11) is 0. The van der Waals surface area contributed by atoms with E-state index in [2.05, 4.69) is 31.1 Å². The second kappa shape index (κ2) is 7.78. The molecular formula is C17H14F3N7O. The van der Waals surface area contributed by atoms with Crippen molar-refractivity contribution >= 4 is 28.9 Å². The summed E-state index contributed by atoms with van der Waals surface area (Å²) in [6.07, 6.45) is -2.01. The maximum atomic E-state index is 13.1. The molecule has 0 aliphatic rings. The molecule has 1 aromatic carbocycles. The zero-order chi connectivity index (χ0) is 20.1. The molecule has 0 saturated carbocycles. The summed E-state index contributed by atoms with van der Waals surface area (Å²) >= 11 is 0. The highest BCUT2D eigenvalue weighted by molar-refractivity contribution is 5.93. The largest absolute Gasteiger partial charge is 0.418 e. The van der Waals surface area contributed by atoms with Crippen molar-refractivity contribution in [3.05, 3.63) is 66.2 Å². The van der Waals surface area contributed by atoms with Gasteiger partial charge in [-0.15, -0.1) is 0 Å². The summed E-state index contributed by atoms with van der Waals surface area (Å²) in [5, 5.41) is 2.55. The van der Waals surface area contributed by atoms with Crippen molar-refractivity contribution in [3.8, 4) is 0 Å². The Labute approximate surface area is 157 Å². The van der Waals surface area contributed by atoms with Crippen LogP contribution in [0.5, 0.6) is 0 Å². The van der Waals surface area contributed by atoms with Gasteiger partial charge in [-0.05, 0) is 24.3 Å². The molecule has 0 spiro atoms. The van der Waals surface area contributed by atoms with Crippen LogP contribution < -0.4 is 21.9 Å². The van der Waals surface area contributed by atoms with Gasteiger partial charge in [-0.1, -0.05) is 18.2 Å². The van der Waals surface area contributed by atoms with Crippen LogP contribution in [-0.2, 0) is 6.18 Å². The summed E-state index contributed by atoms with van der Waals surface area (Å²) in [5.74, 6) is -0.594. The molecule has 3 rings (SSSR count). The van der Waals surface area contributed by atoms with Crippen LogP contribution in [0, 0.1) is 0 Å². The number of nitrogens with two attached hydrogens (primary N) is 1. The maximum Gasteiger partial charge on any atom is 0.418 e. The fourth-order valence-electron chi connectivity index (χ4n) is 2.24. The van der Waals surface area contributed by atoms with Crippen molar-refractivity contribution in [1.29, 1.82) is 0 Å². The second-order valence-electron chi connectivity index (χ2n) is 5.45. The first-order chi connectivity index (χ1) is 13.4. The molecule has 0 aliphatic carbocycles. The normalized spacial score (nSPS) is 11.0. The minimum absolute atomic E-state index is 0.00581. The first kappa shape index (κ1) is 18.9. The first-order valence-corrected chi connectivity index (χ1v) is 7.87. The number of pyridine rings is 1. The highest BCUT2D eigenvalue weighted by Gasteiger charge is 2.33. The number of nitrogens with one attached hydrogen (secondary N) is 3. The van der Waals surface area contributed by atoms with E-state index in [1.54, 1.807) is 12.1 Å². The molecule has 3 aromatic rings. The molecule has 144 valence electrons. The van der Waals surface area contributed by atoms with Crippen molar-refractivity contribution < 1.29 is 18.0 Å². The number of rotatable bonds is 5. The van der Waals surface area contributed by atoms with Gasteiger partial charge in [0.05, 0.1) is 11.3 Å². The number of hydrogen-bond acceptors (Lipinski definition) is 7. The maximum absolute atomic E-state index is 13.1. The number of carbonyl (C=O) groups is 1. The third-order valence-corrected chi connectivity index (χ3v) is 3.56. The van der Waals surface area contributed by atoms with Gasteiger partial charge in [0.2, 0.25) is 0 Å². The quantitative estimate of drug-likeness (QED) is 0.496. The predicted octanol–water partition coefficient (Wildman–Crippen LogP) is 2.97. The van der Waals surface area contributed by atoms with Crippen molar-refractivity contribution in [2.75, 3.05) is 16.5 Å². The summed E-state index contributed by atoms with van der Waals surface area (Å²) in [6.45, 7) is 0. The minimum atomic E-state index is -4.55. The van der Waals surface area contributed by atoms with Crippen LogP contribution in [-0.4, -0.2) is 20.9 Å². The molecule has 2 aromatic heterocycles. The van der Waals surface area contributed by atoms with E-state index in [0.29, 0.717) is 0 Å². The van der Waals surface area contributed by atoms with Crippen LogP contribution in [0.25, 0.3) is 0 Å². The Morgan fingerprint density at radius 3 is 2.39 bits per heavy atom. The fraction of sp³-hybridized carbons (Fsp3) is 0.0588. The van der Waals surface area contributed by atoms with E-state index >= 15 is 0 Å². The molecule has 8 nitrogen and oxygen atoms in total. The Bertz CT molecular complexity index is 980. The average Bonchev–Trinajstić information content (AvgIpc) is 2.68. The monoisotopic (exact) mass is 389 g/mol. The number of alkyl halides is 3. The summed E-state index contributed by atoms with van der Waals surface area (Å²) in [6, 6.07) is 9.71. The number of hydrazine groups is 1. The van der Waals surface area contributed by atoms with Crippen LogP contribution in [0.2, 0.25) is 0 Å². The highest BCUT2D eigenvalue weighted by Crippen LogP contribution is 2.36. The van der Waals surface area contributed by atoms with Gasteiger partial charge in [0.1, 0.15) is 17.7 Å². The number of aromatic nitrogens is 3. The molecule has 5 N–H and O–H groups in total. The first-order valence-electron chi connectivity index (χ1n) is 7.87. The number of para-hydroxylation sites is 1. The lowest BCUT2D eigenvalue weighted by Crippen LogP contribution is -2.31. The lowest BCUT2D eigenvalue weighted by atomic mass is 10.1. The zero-order valence-electron chi connectivity index (χ0n) is 14.2. The number of anilines is 4. The Hall–Kier alpha value is -3.89. The summed E-state index contributed by atoms with van der Waals surface area (Å²) in [5.41, 5.74) is 9.76. The van der Waals surface area contributed by atoms with Crippen molar-refractivity contribution in [3.63, 3.8) is 0 Å². The number of carbonyl (C=O) groups excluding carboxylic acids is 1. The van der Waals surface area contributed by atoms with Gasteiger partial charge >= 0.3 is 6.18 Å². The molecule has 0 unspecified atom stereocenters. The zero-order valence-corrected chi connectivity index (χ0v) is 14.2. The SMILES string of the molecule is Nc1c(NNC(=O)c2ccccn2)ncnc1Nc1ccccc1C(F)(F)F. The topological polar surface area (TPSA) is 118 Å².